The zero-order valence-electron chi connectivity index (χ0n) is 14.0. The molecule has 9 heteroatoms. The van der Waals surface area contributed by atoms with Gasteiger partial charge in [0, 0.05) is 11.3 Å². The van der Waals surface area contributed by atoms with Crippen LogP contribution in [0.5, 0.6) is 0 Å². The number of benzene rings is 2. The van der Waals surface area contributed by atoms with E-state index in [1.54, 1.807) is 12.1 Å². The smallest absolute Gasteiger partial charge is 0.338 e. The largest absolute Gasteiger partial charge is 0.449 e. The summed E-state index contributed by atoms with van der Waals surface area (Å²) >= 11 is 5.66. The first-order chi connectivity index (χ1) is 12.9. The molecule has 0 aliphatic carbocycles. The molecule has 0 bridgehead atoms. The quantitative estimate of drug-likeness (QED) is 0.668. The minimum atomic E-state index is -1.07. The first kappa shape index (κ1) is 18.5. The molecule has 0 spiro atoms. The van der Waals surface area contributed by atoms with Crippen molar-refractivity contribution in [2.45, 2.75) is 13.0 Å². The summed E-state index contributed by atoms with van der Waals surface area (Å²) in [5.74, 6) is -1.53. The van der Waals surface area contributed by atoms with Crippen LogP contribution in [0, 0.1) is 5.82 Å². The van der Waals surface area contributed by atoms with Gasteiger partial charge in [-0.05, 0) is 49.4 Å². The van der Waals surface area contributed by atoms with Crippen LogP contribution in [0.2, 0.25) is 5.02 Å². The van der Waals surface area contributed by atoms with Gasteiger partial charge in [-0.15, -0.1) is 10.2 Å². The van der Waals surface area contributed by atoms with Crippen LogP contribution in [0.4, 0.5) is 10.1 Å². The van der Waals surface area contributed by atoms with Gasteiger partial charge in [-0.3, -0.25) is 4.79 Å². The first-order valence-electron chi connectivity index (χ1n) is 7.77. The van der Waals surface area contributed by atoms with Crippen molar-refractivity contribution in [2.24, 2.45) is 0 Å². The second kappa shape index (κ2) is 7.96. The molecule has 138 valence electrons. The monoisotopic (exact) mass is 389 g/mol. The van der Waals surface area contributed by atoms with Crippen LogP contribution in [0.1, 0.15) is 17.3 Å². The minimum Gasteiger partial charge on any atom is -0.449 e. The molecule has 3 rings (SSSR count). The Bertz CT molecular complexity index is 961. The van der Waals surface area contributed by atoms with Gasteiger partial charge in [0.1, 0.15) is 5.82 Å². The number of halogens is 2. The zero-order chi connectivity index (χ0) is 19.4. The van der Waals surface area contributed by atoms with Gasteiger partial charge in [0.25, 0.3) is 5.91 Å². The summed E-state index contributed by atoms with van der Waals surface area (Å²) in [5, 5.41) is 9.72. The number of aromatic nitrogens is 2. The maximum atomic E-state index is 13.1. The van der Waals surface area contributed by atoms with Crippen molar-refractivity contribution in [2.75, 3.05) is 5.32 Å². The SMILES string of the molecule is C[C@H](OC(=O)c1ccc(-c2nnco2)cc1)C(=O)Nc1ccc(F)c(Cl)c1. The van der Waals surface area contributed by atoms with E-state index < -0.39 is 23.8 Å². The molecule has 1 aromatic heterocycles. The molecule has 1 atom stereocenters. The molecule has 0 aliphatic rings. The average Bonchev–Trinajstić information content (AvgIpc) is 3.19. The van der Waals surface area contributed by atoms with E-state index in [1.807, 2.05) is 0 Å². The molecule has 2 aromatic carbocycles. The Hall–Kier alpha value is -3.26. The molecule has 0 saturated carbocycles. The number of esters is 1. The Balaban J connectivity index is 1.61. The van der Waals surface area contributed by atoms with Crippen LogP contribution in [-0.2, 0) is 9.53 Å². The third-order valence-corrected chi connectivity index (χ3v) is 3.86. The van der Waals surface area contributed by atoms with Crippen molar-refractivity contribution in [3.63, 3.8) is 0 Å². The lowest BCUT2D eigenvalue weighted by Gasteiger charge is -2.14. The van der Waals surface area contributed by atoms with Gasteiger partial charge in [-0.25, -0.2) is 9.18 Å². The second-order valence-corrected chi connectivity index (χ2v) is 5.89. The van der Waals surface area contributed by atoms with Crippen LogP contribution in [-0.4, -0.2) is 28.2 Å². The van der Waals surface area contributed by atoms with Gasteiger partial charge in [0.15, 0.2) is 6.10 Å². The number of ether oxygens (including phenoxy) is 1. The molecule has 3 aromatic rings. The number of rotatable bonds is 5. The molecule has 27 heavy (non-hydrogen) atoms. The summed E-state index contributed by atoms with van der Waals surface area (Å²) in [4.78, 5) is 24.3. The van der Waals surface area contributed by atoms with Gasteiger partial charge in [0.05, 0.1) is 10.6 Å². The maximum absolute atomic E-state index is 13.1. The Morgan fingerprint density at radius 1 is 1.22 bits per heavy atom. The van der Waals surface area contributed by atoms with E-state index in [-0.39, 0.29) is 10.6 Å². The van der Waals surface area contributed by atoms with Gasteiger partial charge in [-0.1, -0.05) is 11.6 Å². The lowest BCUT2D eigenvalue weighted by atomic mass is 10.1. The number of nitrogens with zero attached hydrogens (tertiary/aromatic N) is 2. The average molecular weight is 390 g/mol. The molecule has 0 radical (unpaired) electrons. The fraction of sp³-hybridized carbons (Fsp3) is 0.111. The number of anilines is 1. The van der Waals surface area contributed by atoms with E-state index in [4.69, 9.17) is 20.8 Å². The molecule has 1 amide bonds. The summed E-state index contributed by atoms with van der Waals surface area (Å²) in [5.41, 5.74) is 1.18. The van der Waals surface area contributed by atoms with Crippen LogP contribution in [0.3, 0.4) is 0 Å². The second-order valence-electron chi connectivity index (χ2n) is 5.49. The topological polar surface area (TPSA) is 94.3 Å². The fourth-order valence-corrected chi connectivity index (χ4v) is 2.33. The third kappa shape index (κ3) is 4.48. The summed E-state index contributed by atoms with van der Waals surface area (Å²) in [6.45, 7) is 1.42. The van der Waals surface area contributed by atoms with Crippen molar-refractivity contribution in [3.05, 3.63) is 65.3 Å². The number of carbonyl (C=O) groups is 2. The van der Waals surface area contributed by atoms with Crippen LogP contribution < -0.4 is 5.32 Å². The van der Waals surface area contributed by atoms with Gasteiger partial charge in [-0.2, -0.15) is 0 Å². The van der Waals surface area contributed by atoms with Crippen molar-refractivity contribution >= 4 is 29.2 Å². The molecule has 7 nitrogen and oxygen atoms in total. The highest BCUT2D eigenvalue weighted by molar-refractivity contribution is 6.31. The van der Waals surface area contributed by atoms with E-state index >= 15 is 0 Å². The highest BCUT2D eigenvalue weighted by atomic mass is 35.5. The molecule has 0 fully saturated rings. The zero-order valence-corrected chi connectivity index (χ0v) is 14.7. The number of hydrogen-bond acceptors (Lipinski definition) is 6. The third-order valence-electron chi connectivity index (χ3n) is 3.57. The van der Waals surface area contributed by atoms with Gasteiger partial charge >= 0.3 is 5.97 Å². The Labute approximate surface area is 158 Å². The molecule has 1 heterocycles. The predicted molar refractivity (Wildman–Crippen MR) is 94.7 cm³/mol. The van der Waals surface area contributed by atoms with E-state index in [9.17, 15) is 14.0 Å². The van der Waals surface area contributed by atoms with Crippen molar-refractivity contribution < 1.29 is 23.1 Å². The highest BCUT2D eigenvalue weighted by Gasteiger charge is 2.19. The van der Waals surface area contributed by atoms with E-state index in [2.05, 4.69) is 15.5 Å². The van der Waals surface area contributed by atoms with E-state index in [0.717, 1.165) is 6.07 Å². The Morgan fingerprint density at radius 2 is 1.96 bits per heavy atom. The normalized spacial score (nSPS) is 11.7. The molecule has 1 N–H and O–H groups in total. The van der Waals surface area contributed by atoms with Crippen molar-refractivity contribution in [3.8, 4) is 11.5 Å². The highest BCUT2D eigenvalue weighted by Crippen LogP contribution is 2.20. The van der Waals surface area contributed by atoms with Crippen molar-refractivity contribution in [1.82, 2.24) is 10.2 Å². The number of amides is 1. The lowest BCUT2D eigenvalue weighted by molar-refractivity contribution is -0.123. The fourth-order valence-electron chi connectivity index (χ4n) is 2.15. The molecule has 0 saturated heterocycles. The van der Waals surface area contributed by atoms with Crippen molar-refractivity contribution in [1.29, 1.82) is 0 Å². The lowest BCUT2D eigenvalue weighted by Crippen LogP contribution is -2.30. The van der Waals surface area contributed by atoms with Gasteiger partial charge < -0.3 is 14.5 Å². The predicted octanol–water partition coefficient (Wildman–Crippen LogP) is 3.71. The summed E-state index contributed by atoms with van der Waals surface area (Å²) in [6, 6.07) is 10.0. The molecule has 0 unspecified atom stereocenters. The van der Waals surface area contributed by atoms with Crippen LogP contribution in [0.25, 0.3) is 11.5 Å². The van der Waals surface area contributed by atoms with Crippen LogP contribution >= 0.6 is 11.6 Å². The summed E-state index contributed by atoms with van der Waals surface area (Å²) < 4.78 is 23.4. The molecular formula is C18H13ClFN3O4. The molecule has 0 aliphatic heterocycles. The number of hydrogen-bond donors (Lipinski definition) is 1. The minimum absolute atomic E-state index is 0.126. The standard InChI is InChI=1S/C18H13ClFN3O4/c1-10(16(24)22-13-6-7-15(20)14(19)8-13)27-18(25)12-4-2-11(3-5-12)17-23-21-9-26-17/h2-10H,1H3,(H,22,24)/t10-/m0/s1. The first-order valence-corrected chi connectivity index (χ1v) is 8.15. The Kier molecular flexibility index (Phi) is 5.46. The summed E-state index contributed by atoms with van der Waals surface area (Å²) in [6.07, 6.45) is 0.128. The van der Waals surface area contributed by atoms with E-state index in [0.29, 0.717) is 17.1 Å². The molecular weight excluding hydrogens is 377 g/mol. The maximum Gasteiger partial charge on any atom is 0.338 e. The number of nitrogens with one attached hydrogen (secondary N) is 1. The summed E-state index contributed by atoms with van der Waals surface area (Å²) in [7, 11) is 0. The van der Waals surface area contributed by atoms with E-state index in [1.165, 1.54) is 37.6 Å². The Morgan fingerprint density at radius 3 is 2.59 bits per heavy atom. The number of carbonyl (C=O) groups excluding carboxylic acids is 2. The van der Waals surface area contributed by atoms with Gasteiger partial charge in [0.2, 0.25) is 12.3 Å². The van der Waals surface area contributed by atoms with Crippen LogP contribution in [0.15, 0.2) is 53.3 Å².